The van der Waals surface area contributed by atoms with Crippen LogP contribution in [0.2, 0.25) is 0 Å². The first-order chi connectivity index (χ1) is 14.2. The normalized spacial score (nSPS) is 11.0. The molecule has 4 nitrogen and oxygen atoms in total. The van der Waals surface area contributed by atoms with Crippen LogP contribution in [0.25, 0.3) is 11.3 Å². The molecule has 4 rings (SSSR count). The highest BCUT2D eigenvalue weighted by Gasteiger charge is 2.04. The zero-order chi connectivity index (χ0) is 20.1. The van der Waals surface area contributed by atoms with E-state index >= 15 is 0 Å². The minimum Gasteiger partial charge on any atom is -0.345 e. The van der Waals surface area contributed by atoms with Gasteiger partial charge in [-0.05, 0) is 36.8 Å². The molecule has 0 aliphatic carbocycles. The highest BCUT2D eigenvalue weighted by atomic mass is 32.1. The van der Waals surface area contributed by atoms with E-state index < -0.39 is 0 Å². The lowest BCUT2D eigenvalue weighted by Gasteiger charge is -2.19. The van der Waals surface area contributed by atoms with Gasteiger partial charge >= 0.3 is 0 Å². The molecule has 144 valence electrons. The number of nitrogens with one attached hydrogen (secondary N) is 1. The fraction of sp³-hybridized carbons (Fsp3) is 0.0833. The van der Waals surface area contributed by atoms with E-state index in [4.69, 9.17) is 0 Å². The zero-order valence-corrected chi connectivity index (χ0v) is 17.2. The summed E-state index contributed by atoms with van der Waals surface area (Å²) in [5, 5.41) is 7.14. The second kappa shape index (κ2) is 8.71. The predicted molar refractivity (Wildman–Crippen MR) is 124 cm³/mol. The van der Waals surface area contributed by atoms with Crippen LogP contribution in [0.4, 0.5) is 16.5 Å². The number of anilines is 3. The second-order valence-corrected chi connectivity index (χ2v) is 7.62. The topological polar surface area (TPSA) is 40.5 Å². The van der Waals surface area contributed by atoms with Crippen LogP contribution >= 0.6 is 11.3 Å². The molecule has 0 aliphatic rings. The van der Waals surface area contributed by atoms with Gasteiger partial charge in [0.05, 0.1) is 11.9 Å². The average Bonchev–Trinajstić information content (AvgIpc) is 3.24. The van der Waals surface area contributed by atoms with Crippen molar-refractivity contribution in [3.63, 3.8) is 0 Å². The van der Waals surface area contributed by atoms with Crippen LogP contribution in [0.3, 0.4) is 0 Å². The maximum atomic E-state index is 4.60. The summed E-state index contributed by atoms with van der Waals surface area (Å²) in [5.74, 6) is 0. The molecule has 1 aromatic heterocycles. The quantitative estimate of drug-likeness (QED) is 0.305. The Bertz CT molecular complexity index is 1080. The average molecular weight is 399 g/mol. The number of para-hydroxylation sites is 1. The number of thiazole rings is 1. The molecule has 1 N–H and O–H groups in total. The third-order valence-electron chi connectivity index (χ3n) is 4.65. The lowest BCUT2D eigenvalue weighted by Crippen LogP contribution is -2.08. The first kappa shape index (κ1) is 18.9. The molecule has 0 unspecified atom stereocenters. The van der Waals surface area contributed by atoms with E-state index in [0.717, 1.165) is 33.3 Å². The van der Waals surface area contributed by atoms with Crippen molar-refractivity contribution in [1.29, 1.82) is 0 Å². The fourth-order valence-corrected chi connectivity index (χ4v) is 3.60. The summed E-state index contributed by atoms with van der Waals surface area (Å²) in [4.78, 5) is 6.75. The van der Waals surface area contributed by atoms with Crippen molar-refractivity contribution in [2.45, 2.75) is 6.92 Å². The van der Waals surface area contributed by atoms with Crippen LogP contribution in [0.15, 0.2) is 89.3 Å². The van der Waals surface area contributed by atoms with E-state index in [1.165, 1.54) is 5.56 Å². The maximum absolute atomic E-state index is 4.60. The Kier molecular flexibility index (Phi) is 5.68. The van der Waals surface area contributed by atoms with Crippen LogP contribution in [0, 0.1) is 6.92 Å². The molecule has 0 atom stereocenters. The SMILES string of the molecule is Cc1ccc(-c2csc(N/N=C\c3ccc(N(C)c4ccccc4)cc3)n2)cc1. The Hall–Kier alpha value is -3.44. The standard InChI is InChI=1S/C24H22N4S/c1-18-8-12-20(13-9-18)23-17-29-24(26-23)27-25-16-19-10-14-22(15-11-19)28(2)21-6-4-3-5-7-21/h3-17H,1-2H3,(H,26,27)/b25-16-. The van der Waals surface area contributed by atoms with Crippen LogP contribution in [0.1, 0.15) is 11.1 Å². The smallest absolute Gasteiger partial charge is 0.203 e. The van der Waals surface area contributed by atoms with Crippen LogP contribution in [0.5, 0.6) is 0 Å². The summed E-state index contributed by atoms with van der Waals surface area (Å²) < 4.78 is 0. The van der Waals surface area contributed by atoms with Gasteiger partial charge in [-0.1, -0.05) is 60.2 Å². The number of benzene rings is 3. The van der Waals surface area contributed by atoms with E-state index in [1.54, 1.807) is 17.6 Å². The molecule has 0 radical (unpaired) electrons. The van der Waals surface area contributed by atoms with Crippen molar-refractivity contribution in [1.82, 2.24) is 4.98 Å². The van der Waals surface area contributed by atoms with Gasteiger partial charge in [-0.3, -0.25) is 5.43 Å². The molecule has 1 heterocycles. The van der Waals surface area contributed by atoms with Gasteiger partial charge in [-0.25, -0.2) is 4.98 Å². The molecule has 0 saturated carbocycles. The summed E-state index contributed by atoms with van der Waals surface area (Å²) in [6.45, 7) is 2.08. The van der Waals surface area contributed by atoms with Crippen LogP contribution < -0.4 is 10.3 Å². The molecule has 0 aliphatic heterocycles. The van der Waals surface area contributed by atoms with Gasteiger partial charge < -0.3 is 4.90 Å². The Morgan fingerprint density at radius 3 is 2.31 bits per heavy atom. The molecular formula is C24H22N4S. The largest absolute Gasteiger partial charge is 0.345 e. The van der Waals surface area contributed by atoms with Crippen molar-refractivity contribution >= 4 is 34.1 Å². The fourth-order valence-electron chi connectivity index (χ4n) is 2.93. The maximum Gasteiger partial charge on any atom is 0.203 e. The van der Waals surface area contributed by atoms with Gasteiger partial charge in [0, 0.05) is 29.4 Å². The molecule has 0 spiro atoms. The van der Waals surface area contributed by atoms with Gasteiger partial charge in [0.15, 0.2) is 0 Å². The number of nitrogens with zero attached hydrogens (tertiary/aromatic N) is 3. The van der Waals surface area contributed by atoms with E-state index in [0.29, 0.717) is 0 Å². The molecular weight excluding hydrogens is 376 g/mol. The molecule has 0 bridgehead atoms. The van der Waals surface area contributed by atoms with Gasteiger partial charge in [0.25, 0.3) is 0 Å². The minimum atomic E-state index is 0.775. The molecule has 0 fully saturated rings. The molecule has 5 heteroatoms. The number of hydrogen-bond donors (Lipinski definition) is 1. The third-order valence-corrected chi connectivity index (χ3v) is 5.40. The number of aryl methyl sites for hydroxylation is 1. The van der Waals surface area contributed by atoms with Gasteiger partial charge in [0.1, 0.15) is 0 Å². The predicted octanol–water partition coefficient (Wildman–Crippen LogP) is 6.33. The zero-order valence-electron chi connectivity index (χ0n) is 16.4. The first-order valence-electron chi connectivity index (χ1n) is 9.39. The van der Waals surface area contributed by atoms with Crippen molar-refractivity contribution in [3.05, 3.63) is 95.4 Å². The van der Waals surface area contributed by atoms with Crippen molar-refractivity contribution in [2.75, 3.05) is 17.4 Å². The minimum absolute atomic E-state index is 0.775. The Morgan fingerprint density at radius 2 is 1.59 bits per heavy atom. The summed E-state index contributed by atoms with van der Waals surface area (Å²) in [7, 11) is 2.06. The molecule has 0 saturated heterocycles. The summed E-state index contributed by atoms with van der Waals surface area (Å²) in [6, 6.07) is 27.0. The first-order valence-corrected chi connectivity index (χ1v) is 10.3. The van der Waals surface area contributed by atoms with Crippen molar-refractivity contribution in [2.24, 2.45) is 5.10 Å². The Balaban J connectivity index is 1.38. The monoisotopic (exact) mass is 398 g/mol. The highest BCUT2D eigenvalue weighted by Crippen LogP contribution is 2.25. The second-order valence-electron chi connectivity index (χ2n) is 6.76. The summed E-state index contributed by atoms with van der Waals surface area (Å²) >= 11 is 1.55. The van der Waals surface area contributed by atoms with E-state index in [-0.39, 0.29) is 0 Å². The van der Waals surface area contributed by atoms with Crippen LogP contribution in [-0.2, 0) is 0 Å². The Morgan fingerprint density at radius 1 is 0.897 bits per heavy atom. The van der Waals surface area contributed by atoms with Crippen molar-refractivity contribution in [3.8, 4) is 11.3 Å². The van der Waals surface area contributed by atoms with E-state index in [2.05, 4.69) is 95.0 Å². The number of hydrazone groups is 1. The highest BCUT2D eigenvalue weighted by molar-refractivity contribution is 7.14. The lowest BCUT2D eigenvalue weighted by molar-refractivity contribution is 1.21. The number of rotatable bonds is 6. The van der Waals surface area contributed by atoms with Crippen molar-refractivity contribution < 1.29 is 0 Å². The summed E-state index contributed by atoms with van der Waals surface area (Å²) in [5.41, 5.74) is 9.65. The number of aromatic nitrogens is 1. The third kappa shape index (κ3) is 4.70. The lowest BCUT2D eigenvalue weighted by atomic mass is 10.1. The van der Waals surface area contributed by atoms with Crippen LogP contribution in [-0.4, -0.2) is 18.2 Å². The van der Waals surface area contributed by atoms with Gasteiger partial charge in [-0.2, -0.15) is 5.10 Å². The van der Waals surface area contributed by atoms with Gasteiger partial charge in [0.2, 0.25) is 5.13 Å². The van der Waals surface area contributed by atoms with E-state index in [1.807, 2.05) is 23.6 Å². The molecule has 3 aromatic carbocycles. The molecule has 0 amide bonds. The van der Waals surface area contributed by atoms with Gasteiger partial charge in [-0.15, -0.1) is 11.3 Å². The van der Waals surface area contributed by atoms with E-state index in [9.17, 15) is 0 Å². The Labute approximate surface area is 175 Å². The molecule has 4 aromatic rings. The number of hydrogen-bond acceptors (Lipinski definition) is 5. The summed E-state index contributed by atoms with van der Waals surface area (Å²) in [6.07, 6.45) is 1.80. The molecule has 29 heavy (non-hydrogen) atoms.